The molecule has 0 unspecified atom stereocenters. The molecule has 0 aromatic heterocycles. The van der Waals surface area contributed by atoms with Crippen LogP contribution in [0.15, 0.2) is 24.3 Å². The molecule has 0 amide bonds. The molecule has 2 nitrogen and oxygen atoms in total. The largest absolute Gasteiger partial charge is 0.380 e. The summed E-state index contributed by atoms with van der Waals surface area (Å²) in [6.07, 6.45) is 0. The summed E-state index contributed by atoms with van der Waals surface area (Å²) in [4.78, 5) is 0. The van der Waals surface area contributed by atoms with Gasteiger partial charge in [0.15, 0.2) is 0 Å². The minimum absolute atomic E-state index is 0.344. The van der Waals surface area contributed by atoms with E-state index in [4.69, 9.17) is 4.74 Å². The number of rotatable bonds is 4. The Kier molecular flexibility index (Phi) is 3.31. The predicted octanol–water partition coefficient (Wildman–Crippen LogP) is 2.68. The first-order valence-electron chi connectivity index (χ1n) is 5.97. The second kappa shape index (κ2) is 4.56. The van der Waals surface area contributed by atoms with Crippen LogP contribution >= 0.6 is 0 Å². The molecule has 2 heteroatoms. The molecule has 0 saturated carbocycles. The summed E-state index contributed by atoms with van der Waals surface area (Å²) >= 11 is 0. The van der Waals surface area contributed by atoms with E-state index in [9.17, 15) is 0 Å². The third-order valence-electron chi connectivity index (χ3n) is 3.39. The number of hydrogen-bond donors (Lipinski definition) is 1. The van der Waals surface area contributed by atoms with Gasteiger partial charge in [-0.1, -0.05) is 31.2 Å². The molecule has 0 aliphatic carbocycles. The van der Waals surface area contributed by atoms with E-state index >= 15 is 0 Å². The third-order valence-corrected chi connectivity index (χ3v) is 3.39. The van der Waals surface area contributed by atoms with Crippen molar-refractivity contribution in [2.75, 3.05) is 19.8 Å². The van der Waals surface area contributed by atoms with Gasteiger partial charge in [0.1, 0.15) is 0 Å². The van der Waals surface area contributed by atoms with E-state index in [1.54, 1.807) is 0 Å². The number of aryl methyl sites for hydroxylation is 1. The lowest BCUT2D eigenvalue weighted by molar-refractivity contribution is -0.0999. The van der Waals surface area contributed by atoms with E-state index in [1.165, 1.54) is 11.1 Å². The monoisotopic (exact) mass is 219 g/mol. The Morgan fingerprint density at radius 3 is 2.62 bits per heavy atom. The maximum absolute atomic E-state index is 5.26. The molecule has 0 spiro atoms. The van der Waals surface area contributed by atoms with Crippen molar-refractivity contribution in [1.82, 2.24) is 5.32 Å². The summed E-state index contributed by atoms with van der Waals surface area (Å²) in [5.41, 5.74) is 3.10. The third kappa shape index (κ3) is 2.45. The molecular weight excluding hydrogens is 198 g/mol. The lowest BCUT2D eigenvalue weighted by Crippen LogP contribution is -2.47. The first-order valence-corrected chi connectivity index (χ1v) is 5.97. The molecule has 1 saturated heterocycles. The highest BCUT2D eigenvalue weighted by molar-refractivity contribution is 5.28. The average Bonchev–Trinajstić information content (AvgIpc) is 2.24. The molecule has 1 atom stereocenters. The van der Waals surface area contributed by atoms with Gasteiger partial charge in [-0.15, -0.1) is 0 Å². The van der Waals surface area contributed by atoms with Gasteiger partial charge in [0.25, 0.3) is 0 Å². The highest BCUT2D eigenvalue weighted by Crippen LogP contribution is 2.26. The van der Waals surface area contributed by atoms with Crippen LogP contribution in [0.2, 0.25) is 0 Å². The van der Waals surface area contributed by atoms with E-state index in [0.717, 1.165) is 19.8 Å². The SMILES string of the molecule is Cc1ccccc1[C@@H](C)NCC1(C)COC1. The molecule has 0 radical (unpaired) electrons. The van der Waals surface area contributed by atoms with Gasteiger partial charge < -0.3 is 10.1 Å². The van der Waals surface area contributed by atoms with Crippen LogP contribution in [-0.2, 0) is 4.74 Å². The maximum Gasteiger partial charge on any atom is 0.0554 e. The standard InChI is InChI=1S/C14H21NO/c1-11-6-4-5-7-13(11)12(2)15-8-14(3)9-16-10-14/h4-7,12,15H,8-10H2,1-3H3/t12-/m1/s1. The van der Waals surface area contributed by atoms with Crippen LogP contribution in [0.3, 0.4) is 0 Å². The summed E-state index contributed by atoms with van der Waals surface area (Å²) < 4.78 is 5.26. The summed E-state index contributed by atoms with van der Waals surface area (Å²) in [5, 5.41) is 3.60. The Morgan fingerprint density at radius 2 is 2.06 bits per heavy atom. The Hall–Kier alpha value is -0.860. The van der Waals surface area contributed by atoms with Gasteiger partial charge >= 0.3 is 0 Å². The Balaban J connectivity index is 1.93. The molecule has 0 bridgehead atoms. The fourth-order valence-corrected chi connectivity index (χ4v) is 2.13. The Morgan fingerprint density at radius 1 is 1.38 bits per heavy atom. The number of nitrogens with one attached hydrogen (secondary N) is 1. The molecule has 1 fully saturated rings. The van der Waals surface area contributed by atoms with Gasteiger partial charge in [0, 0.05) is 18.0 Å². The lowest BCUT2D eigenvalue weighted by Gasteiger charge is -2.39. The van der Waals surface area contributed by atoms with Crippen LogP contribution in [0.4, 0.5) is 0 Å². The first-order chi connectivity index (χ1) is 7.61. The van der Waals surface area contributed by atoms with E-state index in [0.29, 0.717) is 11.5 Å². The Labute approximate surface area is 98.0 Å². The minimum atomic E-state index is 0.344. The predicted molar refractivity (Wildman–Crippen MR) is 66.5 cm³/mol. The van der Waals surface area contributed by atoms with Gasteiger partial charge in [-0.25, -0.2) is 0 Å². The van der Waals surface area contributed by atoms with Gasteiger partial charge in [0.2, 0.25) is 0 Å². The smallest absolute Gasteiger partial charge is 0.0554 e. The number of benzene rings is 1. The summed E-state index contributed by atoms with van der Waals surface area (Å²) in [6, 6.07) is 8.98. The summed E-state index contributed by atoms with van der Waals surface area (Å²) in [6.45, 7) is 9.48. The molecule has 1 heterocycles. The second-order valence-electron chi connectivity index (χ2n) is 5.26. The molecule has 16 heavy (non-hydrogen) atoms. The van der Waals surface area contributed by atoms with Crippen LogP contribution in [0, 0.1) is 12.3 Å². The average molecular weight is 219 g/mol. The lowest BCUT2D eigenvalue weighted by atomic mass is 9.88. The highest BCUT2D eigenvalue weighted by atomic mass is 16.5. The molecule has 1 aromatic rings. The van der Waals surface area contributed by atoms with Gasteiger partial charge in [-0.2, -0.15) is 0 Å². The molecule has 1 aromatic carbocycles. The summed E-state index contributed by atoms with van der Waals surface area (Å²) in [7, 11) is 0. The molecule has 2 rings (SSSR count). The van der Waals surface area contributed by atoms with Gasteiger partial charge in [-0.3, -0.25) is 0 Å². The Bertz CT molecular complexity index is 358. The summed E-state index contributed by atoms with van der Waals surface area (Å²) in [5.74, 6) is 0. The molecular formula is C14H21NO. The molecule has 88 valence electrons. The topological polar surface area (TPSA) is 21.3 Å². The fraction of sp³-hybridized carbons (Fsp3) is 0.571. The van der Waals surface area contributed by atoms with Crippen molar-refractivity contribution in [3.63, 3.8) is 0 Å². The zero-order valence-corrected chi connectivity index (χ0v) is 10.4. The highest BCUT2D eigenvalue weighted by Gasteiger charge is 2.33. The molecule has 1 aliphatic rings. The van der Waals surface area contributed by atoms with Gasteiger partial charge in [-0.05, 0) is 25.0 Å². The maximum atomic E-state index is 5.26. The zero-order valence-electron chi connectivity index (χ0n) is 10.4. The van der Waals surface area contributed by atoms with Crippen molar-refractivity contribution in [2.24, 2.45) is 5.41 Å². The van der Waals surface area contributed by atoms with Crippen molar-refractivity contribution in [2.45, 2.75) is 26.8 Å². The van der Waals surface area contributed by atoms with E-state index in [1.807, 2.05) is 0 Å². The van der Waals surface area contributed by atoms with E-state index in [2.05, 4.69) is 50.4 Å². The fourth-order valence-electron chi connectivity index (χ4n) is 2.13. The first kappa shape index (κ1) is 11.6. The van der Waals surface area contributed by atoms with Crippen LogP contribution in [0.5, 0.6) is 0 Å². The van der Waals surface area contributed by atoms with Crippen LogP contribution in [-0.4, -0.2) is 19.8 Å². The van der Waals surface area contributed by atoms with Crippen molar-refractivity contribution in [3.8, 4) is 0 Å². The van der Waals surface area contributed by atoms with E-state index in [-0.39, 0.29) is 0 Å². The van der Waals surface area contributed by atoms with Crippen LogP contribution in [0.25, 0.3) is 0 Å². The van der Waals surface area contributed by atoms with Crippen molar-refractivity contribution < 1.29 is 4.74 Å². The van der Waals surface area contributed by atoms with E-state index < -0.39 is 0 Å². The van der Waals surface area contributed by atoms with Crippen molar-refractivity contribution in [1.29, 1.82) is 0 Å². The number of ether oxygens (including phenoxy) is 1. The van der Waals surface area contributed by atoms with Crippen molar-refractivity contribution >= 4 is 0 Å². The normalized spacial score (nSPS) is 20.2. The van der Waals surface area contributed by atoms with Crippen LogP contribution in [0.1, 0.15) is 31.0 Å². The second-order valence-corrected chi connectivity index (χ2v) is 5.26. The molecule has 1 aliphatic heterocycles. The van der Waals surface area contributed by atoms with Gasteiger partial charge in [0.05, 0.1) is 13.2 Å². The molecule has 1 N–H and O–H groups in total. The zero-order chi connectivity index (χ0) is 11.6. The van der Waals surface area contributed by atoms with Crippen molar-refractivity contribution in [3.05, 3.63) is 35.4 Å². The minimum Gasteiger partial charge on any atom is -0.380 e. The van der Waals surface area contributed by atoms with Crippen LogP contribution < -0.4 is 5.32 Å². The quantitative estimate of drug-likeness (QED) is 0.840. The number of hydrogen-bond acceptors (Lipinski definition) is 2.